The molecule has 45 heavy (non-hydrogen) atoms. The number of fused-ring (bicyclic) bond motifs is 1. The number of aldehydes is 1. The summed E-state index contributed by atoms with van der Waals surface area (Å²) in [5.74, 6) is 0.953. The van der Waals surface area contributed by atoms with Crippen LogP contribution in [0.4, 0.5) is 5.88 Å². The van der Waals surface area contributed by atoms with Gasteiger partial charge in [-0.2, -0.15) is 0 Å². The van der Waals surface area contributed by atoms with Crippen molar-refractivity contribution in [1.82, 2.24) is 19.7 Å². The lowest BCUT2D eigenvalue weighted by Crippen LogP contribution is -2.34. The molecular formula is C33H37N5O6S. The number of methoxy groups -OCH3 is 1. The number of aryl methyl sites for hydroxylation is 4. The molecule has 3 aromatic heterocycles. The summed E-state index contributed by atoms with van der Waals surface area (Å²) in [6.45, 7) is 10.1. The van der Waals surface area contributed by atoms with Gasteiger partial charge in [0.2, 0.25) is 5.88 Å². The fourth-order valence-electron chi connectivity index (χ4n) is 5.32. The molecule has 0 aliphatic heterocycles. The Hall–Kier alpha value is -4.39. The molecule has 5 aromatic rings. The third-order valence-electron chi connectivity index (χ3n) is 7.75. The fraction of sp³-hybridized carbons (Fsp3) is 0.333. The van der Waals surface area contributed by atoms with Crippen LogP contribution in [0.25, 0.3) is 22.3 Å². The summed E-state index contributed by atoms with van der Waals surface area (Å²) in [4.78, 5) is 22.1. The van der Waals surface area contributed by atoms with Crippen molar-refractivity contribution in [1.29, 1.82) is 0 Å². The molecule has 12 heteroatoms. The molecular weight excluding hydrogens is 594 g/mol. The van der Waals surface area contributed by atoms with Crippen LogP contribution in [-0.2, 0) is 32.5 Å². The topological polar surface area (TPSA) is 130 Å². The predicted octanol–water partition coefficient (Wildman–Crippen LogP) is 5.56. The minimum Gasteiger partial charge on any atom is -0.382 e. The zero-order valence-corrected chi connectivity index (χ0v) is 27.1. The number of sulfonamides is 1. The summed E-state index contributed by atoms with van der Waals surface area (Å²) >= 11 is 0. The standard InChI is InChI=1S/C33H37N5O6S/c1-7-30-35-31-21(2)16-22(3)34-32(31)37(30)18-25-12-13-27(26(17-25)19-39)28-10-8-9-11-29(28)45(40,41)38(20-43-15-14-42-6)33-23(4)24(5)36-44-33/h8-13,16-17,19H,7,14-15,18,20H2,1-6H3. The van der Waals surface area contributed by atoms with E-state index in [-0.39, 0.29) is 30.7 Å². The number of carbonyl (C=O) groups excluding carboxylic acids is 1. The second kappa shape index (κ2) is 13.3. The summed E-state index contributed by atoms with van der Waals surface area (Å²) in [7, 11) is -2.71. The SMILES string of the molecule is CCc1nc2c(C)cc(C)nc2n1Cc1ccc(-c2ccccc2S(=O)(=O)N(COCCOC)c2onc(C)c2C)c(C=O)c1. The van der Waals surface area contributed by atoms with Gasteiger partial charge in [-0.05, 0) is 62.6 Å². The summed E-state index contributed by atoms with van der Waals surface area (Å²) < 4.78 is 47.9. The Morgan fingerprint density at radius 2 is 1.78 bits per heavy atom. The van der Waals surface area contributed by atoms with Crippen molar-refractivity contribution in [2.75, 3.05) is 31.4 Å². The second-order valence-corrected chi connectivity index (χ2v) is 12.7. The molecule has 0 unspecified atom stereocenters. The Morgan fingerprint density at radius 1 is 1.00 bits per heavy atom. The van der Waals surface area contributed by atoms with Crippen LogP contribution in [0, 0.1) is 27.7 Å². The maximum atomic E-state index is 14.3. The Bertz CT molecular complexity index is 1960. The summed E-state index contributed by atoms with van der Waals surface area (Å²) in [5.41, 5.74) is 6.81. The molecule has 0 atom stereocenters. The van der Waals surface area contributed by atoms with E-state index in [2.05, 4.69) is 9.72 Å². The Labute approximate surface area is 262 Å². The highest BCUT2D eigenvalue weighted by Gasteiger charge is 2.32. The zero-order valence-electron chi connectivity index (χ0n) is 26.3. The molecule has 2 aromatic carbocycles. The first-order valence-corrected chi connectivity index (χ1v) is 16.1. The van der Waals surface area contributed by atoms with E-state index in [1.165, 1.54) is 13.2 Å². The molecule has 0 bridgehead atoms. The lowest BCUT2D eigenvalue weighted by atomic mass is 9.98. The molecule has 5 rings (SSSR count). The van der Waals surface area contributed by atoms with Gasteiger partial charge in [0.05, 0.1) is 30.3 Å². The van der Waals surface area contributed by atoms with Crippen molar-refractivity contribution < 1.29 is 27.2 Å². The van der Waals surface area contributed by atoms with E-state index in [0.29, 0.717) is 40.9 Å². The highest BCUT2D eigenvalue weighted by molar-refractivity contribution is 7.93. The van der Waals surface area contributed by atoms with Gasteiger partial charge < -0.3 is 18.6 Å². The highest BCUT2D eigenvalue weighted by atomic mass is 32.2. The predicted molar refractivity (Wildman–Crippen MR) is 171 cm³/mol. The third kappa shape index (κ3) is 6.26. The minimum atomic E-state index is -4.25. The summed E-state index contributed by atoms with van der Waals surface area (Å²) in [5, 5.41) is 3.96. The average Bonchev–Trinajstić information content (AvgIpc) is 3.55. The van der Waals surface area contributed by atoms with E-state index in [4.69, 9.17) is 24.0 Å². The number of hydrogen-bond donors (Lipinski definition) is 0. The number of hydrogen-bond acceptors (Lipinski definition) is 9. The first-order valence-electron chi connectivity index (χ1n) is 14.6. The van der Waals surface area contributed by atoms with Gasteiger partial charge >= 0.3 is 0 Å². The van der Waals surface area contributed by atoms with Gasteiger partial charge in [0.25, 0.3) is 10.0 Å². The van der Waals surface area contributed by atoms with Gasteiger partial charge in [0, 0.05) is 35.9 Å². The molecule has 0 amide bonds. The molecule has 0 radical (unpaired) electrons. The van der Waals surface area contributed by atoms with Crippen LogP contribution < -0.4 is 4.31 Å². The lowest BCUT2D eigenvalue weighted by Gasteiger charge is -2.23. The van der Waals surface area contributed by atoms with Crippen molar-refractivity contribution in [3.63, 3.8) is 0 Å². The molecule has 236 valence electrons. The Kier molecular flexibility index (Phi) is 9.47. The number of pyridine rings is 1. The maximum Gasteiger partial charge on any atom is 0.269 e. The highest BCUT2D eigenvalue weighted by Crippen LogP contribution is 2.35. The number of nitrogens with zero attached hydrogens (tertiary/aromatic N) is 5. The fourth-order valence-corrected chi connectivity index (χ4v) is 6.86. The summed E-state index contributed by atoms with van der Waals surface area (Å²) in [6.07, 6.45) is 1.46. The maximum absolute atomic E-state index is 14.3. The molecule has 0 aliphatic rings. The normalized spacial score (nSPS) is 11.8. The van der Waals surface area contributed by atoms with Crippen LogP contribution in [0.5, 0.6) is 0 Å². The van der Waals surface area contributed by atoms with Gasteiger partial charge in [-0.3, -0.25) is 4.79 Å². The van der Waals surface area contributed by atoms with Crippen LogP contribution in [0.15, 0.2) is 57.9 Å². The van der Waals surface area contributed by atoms with Crippen molar-refractivity contribution in [3.8, 4) is 11.1 Å². The van der Waals surface area contributed by atoms with Crippen molar-refractivity contribution in [2.45, 2.75) is 52.5 Å². The largest absolute Gasteiger partial charge is 0.382 e. The monoisotopic (exact) mass is 631 g/mol. The van der Waals surface area contributed by atoms with E-state index in [1.807, 2.05) is 32.9 Å². The van der Waals surface area contributed by atoms with Crippen LogP contribution in [-0.4, -0.2) is 61.5 Å². The molecule has 0 saturated heterocycles. The van der Waals surface area contributed by atoms with Gasteiger partial charge in [-0.15, -0.1) is 0 Å². The number of carbonyl (C=O) groups is 1. The number of imidazole rings is 1. The van der Waals surface area contributed by atoms with Gasteiger partial charge in [0.15, 0.2) is 11.9 Å². The summed E-state index contributed by atoms with van der Waals surface area (Å²) in [6, 6.07) is 14.1. The first-order chi connectivity index (χ1) is 21.6. The number of ether oxygens (including phenoxy) is 2. The number of anilines is 1. The molecule has 0 spiro atoms. The van der Waals surface area contributed by atoms with E-state index < -0.39 is 10.0 Å². The van der Waals surface area contributed by atoms with Gasteiger partial charge in [0.1, 0.15) is 18.1 Å². The number of aromatic nitrogens is 4. The minimum absolute atomic E-state index is 0.00586. The van der Waals surface area contributed by atoms with Crippen LogP contribution in [0.1, 0.15) is 51.2 Å². The van der Waals surface area contributed by atoms with Crippen LogP contribution >= 0.6 is 0 Å². The van der Waals surface area contributed by atoms with Gasteiger partial charge in [-0.1, -0.05) is 42.4 Å². The molecule has 0 aliphatic carbocycles. The number of rotatable bonds is 13. The quantitative estimate of drug-likeness (QED) is 0.0932. The van der Waals surface area contributed by atoms with Crippen LogP contribution in [0.2, 0.25) is 0 Å². The second-order valence-electron chi connectivity index (χ2n) is 10.8. The Morgan fingerprint density at radius 3 is 2.47 bits per heavy atom. The van der Waals surface area contributed by atoms with Gasteiger partial charge in [-0.25, -0.2) is 22.7 Å². The average molecular weight is 632 g/mol. The number of benzene rings is 2. The third-order valence-corrected chi connectivity index (χ3v) is 9.51. The molecule has 0 fully saturated rings. The molecule has 3 heterocycles. The lowest BCUT2D eigenvalue weighted by molar-refractivity contribution is 0.0744. The molecule has 0 N–H and O–H groups in total. The van der Waals surface area contributed by atoms with E-state index >= 15 is 0 Å². The first kappa shape index (κ1) is 32.0. The molecule has 0 saturated carbocycles. The smallest absolute Gasteiger partial charge is 0.269 e. The van der Waals surface area contributed by atoms with Crippen molar-refractivity contribution >= 4 is 33.4 Å². The van der Waals surface area contributed by atoms with Crippen molar-refractivity contribution in [2.24, 2.45) is 0 Å². The van der Waals surface area contributed by atoms with E-state index in [0.717, 1.165) is 44.4 Å². The van der Waals surface area contributed by atoms with E-state index in [9.17, 15) is 13.2 Å². The zero-order chi connectivity index (χ0) is 32.3. The van der Waals surface area contributed by atoms with Crippen molar-refractivity contribution in [3.05, 3.63) is 88.0 Å². The molecule has 11 nitrogen and oxygen atoms in total. The Balaban J connectivity index is 1.56. The van der Waals surface area contributed by atoms with E-state index in [1.54, 1.807) is 44.2 Å². The van der Waals surface area contributed by atoms with Crippen LogP contribution in [0.3, 0.4) is 0 Å².